The standard InChI is InChI=1S/C9H14O/c1-6-5-7(2)9(10-4)8(6)3/h5H2,1-4H3. The number of rotatable bonds is 1. The average Bonchev–Trinajstić information content (AvgIpc) is 2.09. The lowest BCUT2D eigenvalue weighted by molar-refractivity contribution is 0.298. The molecule has 0 aromatic heterocycles. The van der Waals surface area contributed by atoms with Gasteiger partial charge in [-0.05, 0) is 38.3 Å². The summed E-state index contributed by atoms with van der Waals surface area (Å²) in [5.41, 5.74) is 4.12. The maximum absolute atomic E-state index is 5.23. The minimum atomic E-state index is 1.09. The minimum Gasteiger partial charge on any atom is -0.497 e. The lowest BCUT2D eigenvalue weighted by atomic mass is 10.2. The Hall–Kier alpha value is -0.720. The fourth-order valence-electron chi connectivity index (χ4n) is 1.45. The topological polar surface area (TPSA) is 9.23 Å². The van der Waals surface area contributed by atoms with E-state index in [1.165, 1.54) is 16.7 Å². The van der Waals surface area contributed by atoms with Crippen LogP contribution in [0.1, 0.15) is 27.2 Å². The van der Waals surface area contributed by atoms with Gasteiger partial charge in [-0.3, -0.25) is 0 Å². The van der Waals surface area contributed by atoms with Gasteiger partial charge in [-0.2, -0.15) is 0 Å². The van der Waals surface area contributed by atoms with Crippen molar-refractivity contribution in [2.45, 2.75) is 27.2 Å². The number of hydrogen-bond donors (Lipinski definition) is 0. The van der Waals surface area contributed by atoms with Gasteiger partial charge < -0.3 is 4.74 Å². The molecular formula is C9H14O. The van der Waals surface area contributed by atoms with Gasteiger partial charge >= 0.3 is 0 Å². The predicted molar refractivity (Wildman–Crippen MR) is 42.7 cm³/mol. The Morgan fingerprint density at radius 1 is 1.10 bits per heavy atom. The summed E-state index contributed by atoms with van der Waals surface area (Å²) >= 11 is 0. The van der Waals surface area contributed by atoms with E-state index in [0.29, 0.717) is 0 Å². The molecule has 0 saturated carbocycles. The Balaban J connectivity index is 2.94. The lowest BCUT2D eigenvalue weighted by Gasteiger charge is -2.02. The van der Waals surface area contributed by atoms with Gasteiger partial charge in [0.25, 0.3) is 0 Å². The highest BCUT2D eigenvalue weighted by atomic mass is 16.5. The zero-order valence-corrected chi connectivity index (χ0v) is 7.12. The maximum atomic E-state index is 5.23. The Morgan fingerprint density at radius 2 is 1.70 bits per heavy atom. The summed E-state index contributed by atoms with van der Waals surface area (Å²) < 4.78 is 5.23. The van der Waals surface area contributed by atoms with Gasteiger partial charge in [0, 0.05) is 0 Å². The molecule has 0 aliphatic heterocycles. The van der Waals surface area contributed by atoms with Gasteiger partial charge in [0.1, 0.15) is 5.76 Å². The van der Waals surface area contributed by atoms with Crippen molar-refractivity contribution in [3.63, 3.8) is 0 Å². The highest BCUT2D eigenvalue weighted by Crippen LogP contribution is 2.31. The van der Waals surface area contributed by atoms with Crippen molar-refractivity contribution >= 4 is 0 Å². The van der Waals surface area contributed by atoms with Gasteiger partial charge in [0.2, 0.25) is 0 Å². The summed E-state index contributed by atoms with van der Waals surface area (Å²) in [7, 11) is 1.74. The molecule has 0 N–H and O–H groups in total. The van der Waals surface area contributed by atoms with E-state index in [1.54, 1.807) is 7.11 Å². The first kappa shape index (κ1) is 7.39. The van der Waals surface area contributed by atoms with Crippen LogP contribution in [0.2, 0.25) is 0 Å². The molecule has 0 atom stereocenters. The second-order valence-corrected chi connectivity index (χ2v) is 2.90. The largest absolute Gasteiger partial charge is 0.497 e. The Labute approximate surface area is 62.4 Å². The summed E-state index contributed by atoms with van der Waals surface area (Å²) in [4.78, 5) is 0. The Morgan fingerprint density at radius 3 is 1.90 bits per heavy atom. The van der Waals surface area contributed by atoms with Crippen LogP contribution >= 0.6 is 0 Å². The van der Waals surface area contributed by atoms with Gasteiger partial charge in [-0.25, -0.2) is 0 Å². The van der Waals surface area contributed by atoms with Crippen LogP contribution < -0.4 is 0 Å². The van der Waals surface area contributed by atoms with Crippen LogP contribution in [0.15, 0.2) is 22.5 Å². The number of hydrogen-bond acceptors (Lipinski definition) is 1. The van der Waals surface area contributed by atoms with Gasteiger partial charge in [-0.1, -0.05) is 5.57 Å². The van der Waals surface area contributed by atoms with Crippen LogP contribution in [-0.4, -0.2) is 7.11 Å². The van der Waals surface area contributed by atoms with Gasteiger partial charge in [-0.15, -0.1) is 0 Å². The van der Waals surface area contributed by atoms with Crippen LogP contribution in [0.25, 0.3) is 0 Å². The van der Waals surface area contributed by atoms with Crippen molar-refractivity contribution in [2.75, 3.05) is 7.11 Å². The van der Waals surface area contributed by atoms with E-state index in [2.05, 4.69) is 20.8 Å². The summed E-state index contributed by atoms with van der Waals surface area (Å²) in [6.45, 7) is 6.40. The van der Waals surface area contributed by atoms with E-state index in [4.69, 9.17) is 4.74 Å². The van der Waals surface area contributed by atoms with E-state index >= 15 is 0 Å². The molecule has 1 aliphatic carbocycles. The average molecular weight is 138 g/mol. The molecule has 10 heavy (non-hydrogen) atoms. The van der Waals surface area contributed by atoms with Crippen LogP contribution in [0, 0.1) is 0 Å². The molecule has 0 radical (unpaired) electrons. The van der Waals surface area contributed by atoms with E-state index in [9.17, 15) is 0 Å². The SMILES string of the molecule is COC1=C(C)CC(C)=C1C. The number of methoxy groups -OCH3 is 1. The second-order valence-electron chi connectivity index (χ2n) is 2.90. The van der Waals surface area contributed by atoms with E-state index in [0.717, 1.165) is 12.2 Å². The number of allylic oxidation sites excluding steroid dienone is 3. The van der Waals surface area contributed by atoms with Crippen molar-refractivity contribution < 1.29 is 4.74 Å². The number of ether oxygens (including phenoxy) is 1. The molecule has 0 saturated heterocycles. The smallest absolute Gasteiger partial charge is 0.120 e. The summed E-state index contributed by atoms with van der Waals surface area (Å²) in [6.07, 6.45) is 1.09. The molecule has 0 aromatic rings. The molecule has 0 aromatic carbocycles. The molecule has 1 heteroatoms. The molecular weight excluding hydrogens is 124 g/mol. The minimum absolute atomic E-state index is 1.09. The molecule has 1 nitrogen and oxygen atoms in total. The van der Waals surface area contributed by atoms with E-state index in [-0.39, 0.29) is 0 Å². The molecule has 0 fully saturated rings. The normalized spacial score (nSPS) is 18.8. The summed E-state index contributed by atoms with van der Waals surface area (Å²) in [5.74, 6) is 1.09. The third-order valence-electron chi connectivity index (χ3n) is 2.10. The van der Waals surface area contributed by atoms with Crippen molar-refractivity contribution in [1.82, 2.24) is 0 Å². The first-order chi connectivity index (χ1) is 4.66. The summed E-state index contributed by atoms with van der Waals surface area (Å²) in [5, 5.41) is 0. The second kappa shape index (κ2) is 2.49. The molecule has 1 aliphatic rings. The summed E-state index contributed by atoms with van der Waals surface area (Å²) in [6, 6.07) is 0. The third-order valence-corrected chi connectivity index (χ3v) is 2.10. The van der Waals surface area contributed by atoms with Crippen molar-refractivity contribution in [3.05, 3.63) is 22.5 Å². The molecule has 0 spiro atoms. The van der Waals surface area contributed by atoms with Crippen LogP contribution in [0.5, 0.6) is 0 Å². The van der Waals surface area contributed by atoms with Crippen molar-refractivity contribution in [3.8, 4) is 0 Å². The van der Waals surface area contributed by atoms with E-state index in [1.807, 2.05) is 0 Å². The van der Waals surface area contributed by atoms with Crippen molar-refractivity contribution in [1.29, 1.82) is 0 Å². The monoisotopic (exact) mass is 138 g/mol. The van der Waals surface area contributed by atoms with Crippen LogP contribution in [-0.2, 0) is 4.74 Å². The molecule has 0 bridgehead atoms. The first-order valence-corrected chi connectivity index (χ1v) is 3.57. The third kappa shape index (κ3) is 0.962. The zero-order valence-electron chi connectivity index (χ0n) is 7.12. The zero-order chi connectivity index (χ0) is 7.72. The molecule has 1 rings (SSSR count). The van der Waals surface area contributed by atoms with Crippen LogP contribution in [0.3, 0.4) is 0 Å². The van der Waals surface area contributed by atoms with Crippen LogP contribution in [0.4, 0.5) is 0 Å². The van der Waals surface area contributed by atoms with Crippen molar-refractivity contribution in [2.24, 2.45) is 0 Å². The van der Waals surface area contributed by atoms with E-state index < -0.39 is 0 Å². The lowest BCUT2D eigenvalue weighted by Crippen LogP contribution is -1.86. The Bertz CT molecular complexity index is 209. The Kier molecular flexibility index (Phi) is 1.84. The molecule has 56 valence electrons. The fourth-order valence-corrected chi connectivity index (χ4v) is 1.45. The predicted octanol–water partition coefficient (Wildman–Crippen LogP) is 2.65. The fraction of sp³-hybridized carbons (Fsp3) is 0.556. The van der Waals surface area contributed by atoms with Gasteiger partial charge in [0.05, 0.1) is 7.11 Å². The molecule has 0 unspecified atom stereocenters. The quantitative estimate of drug-likeness (QED) is 0.541. The first-order valence-electron chi connectivity index (χ1n) is 3.57. The molecule has 0 amide bonds. The highest BCUT2D eigenvalue weighted by Gasteiger charge is 2.15. The van der Waals surface area contributed by atoms with Gasteiger partial charge in [0.15, 0.2) is 0 Å². The molecule has 0 heterocycles. The maximum Gasteiger partial charge on any atom is 0.120 e. The highest BCUT2D eigenvalue weighted by molar-refractivity contribution is 5.40.